The Balaban J connectivity index is 1.62. The zero-order chi connectivity index (χ0) is 17.1. The Morgan fingerprint density at radius 2 is 2.00 bits per heavy atom. The first-order valence-electron chi connectivity index (χ1n) is 8.55. The summed E-state index contributed by atoms with van der Waals surface area (Å²) in [7, 11) is 0. The Labute approximate surface area is 139 Å². The molecule has 0 N–H and O–H groups in total. The van der Waals surface area contributed by atoms with E-state index in [9.17, 15) is 14.4 Å². The SMILES string of the molecule is CC(C)n1nc2n(c(=O)c1=O)CC1(CCN(C(=O)C3CC3)C1)OC2. The Bertz CT molecular complexity index is 807. The van der Waals surface area contributed by atoms with Crippen molar-refractivity contribution in [2.45, 2.75) is 57.9 Å². The van der Waals surface area contributed by atoms with Crippen LogP contribution in [0.2, 0.25) is 0 Å². The fraction of sp³-hybridized carbons (Fsp3) is 0.750. The van der Waals surface area contributed by atoms with E-state index in [4.69, 9.17) is 4.74 Å². The zero-order valence-corrected chi connectivity index (χ0v) is 14.0. The van der Waals surface area contributed by atoms with Crippen LogP contribution in [0, 0.1) is 5.92 Å². The van der Waals surface area contributed by atoms with Crippen molar-refractivity contribution in [3.05, 3.63) is 26.5 Å². The van der Waals surface area contributed by atoms with E-state index in [1.54, 1.807) is 0 Å². The van der Waals surface area contributed by atoms with Crippen LogP contribution < -0.4 is 11.1 Å². The van der Waals surface area contributed by atoms with Crippen LogP contribution in [0.3, 0.4) is 0 Å². The summed E-state index contributed by atoms with van der Waals surface area (Å²) >= 11 is 0. The van der Waals surface area contributed by atoms with Gasteiger partial charge in [-0.25, -0.2) is 4.68 Å². The van der Waals surface area contributed by atoms with Crippen molar-refractivity contribution in [1.29, 1.82) is 0 Å². The van der Waals surface area contributed by atoms with Gasteiger partial charge >= 0.3 is 11.1 Å². The minimum Gasteiger partial charge on any atom is -0.363 e. The number of rotatable bonds is 2. The second-order valence-electron chi connectivity index (χ2n) is 7.41. The molecule has 8 heteroatoms. The van der Waals surface area contributed by atoms with Gasteiger partial charge in [-0.15, -0.1) is 0 Å². The van der Waals surface area contributed by atoms with Gasteiger partial charge in [0.25, 0.3) is 0 Å². The van der Waals surface area contributed by atoms with E-state index in [1.165, 1.54) is 9.25 Å². The quantitative estimate of drug-likeness (QED) is 0.705. The number of carbonyl (C=O) groups is 1. The van der Waals surface area contributed by atoms with E-state index >= 15 is 0 Å². The number of carbonyl (C=O) groups excluding carboxylic acids is 1. The first kappa shape index (κ1) is 15.6. The van der Waals surface area contributed by atoms with Gasteiger partial charge in [0.1, 0.15) is 12.2 Å². The highest BCUT2D eigenvalue weighted by atomic mass is 16.5. The van der Waals surface area contributed by atoms with Gasteiger partial charge in [-0.05, 0) is 33.1 Å². The van der Waals surface area contributed by atoms with Crippen molar-refractivity contribution in [3.63, 3.8) is 0 Å². The van der Waals surface area contributed by atoms with Gasteiger partial charge in [-0.2, -0.15) is 5.10 Å². The number of hydrogen-bond acceptors (Lipinski definition) is 5. The first-order valence-corrected chi connectivity index (χ1v) is 8.55. The maximum absolute atomic E-state index is 12.5. The minimum atomic E-state index is -0.602. The topological polar surface area (TPSA) is 86.4 Å². The average molecular weight is 334 g/mol. The van der Waals surface area contributed by atoms with Crippen LogP contribution in [0.5, 0.6) is 0 Å². The van der Waals surface area contributed by atoms with Gasteiger partial charge in [-0.1, -0.05) is 0 Å². The average Bonchev–Trinajstić information content (AvgIpc) is 3.33. The Morgan fingerprint density at radius 3 is 2.67 bits per heavy atom. The fourth-order valence-electron chi connectivity index (χ4n) is 3.59. The van der Waals surface area contributed by atoms with E-state index in [1.807, 2.05) is 18.7 Å². The molecule has 3 heterocycles. The van der Waals surface area contributed by atoms with Crippen molar-refractivity contribution < 1.29 is 9.53 Å². The second-order valence-corrected chi connectivity index (χ2v) is 7.41. The molecule has 1 aromatic rings. The van der Waals surface area contributed by atoms with Gasteiger partial charge in [0.15, 0.2) is 5.82 Å². The molecule has 1 amide bonds. The van der Waals surface area contributed by atoms with Crippen molar-refractivity contribution in [3.8, 4) is 0 Å². The van der Waals surface area contributed by atoms with Crippen LogP contribution in [0.1, 0.15) is 45.0 Å². The second kappa shape index (κ2) is 5.27. The number of hydrogen-bond donors (Lipinski definition) is 0. The molecule has 2 aliphatic heterocycles. The molecule has 1 atom stereocenters. The number of fused-ring (bicyclic) bond motifs is 1. The van der Waals surface area contributed by atoms with E-state index in [0.29, 0.717) is 25.3 Å². The molecule has 8 nitrogen and oxygen atoms in total. The Hall–Kier alpha value is -1.96. The highest BCUT2D eigenvalue weighted by Crippen LogP contribution is 2.36. The number of amides is 1. The molecular formula is C16H22N4O4. The lowest BCUT2D eigenvalue weighted by Crippen LogP contribution is -2.53. The lowest BCUT2D eigenvalue weighted by molar-refractivity contribution is -0.134. The molecule has 1 aliphatic carbocycles. The van der Waals surface area contributed by atoms with Crippen molar-refractivity contribution >= 4 is 5.91 Å². The predicted molar refractivity (Wildman–Crippen MR) is 84.6 cm³/mol. The molecule has 0 bridgehead atoms. The molecule has 1 spiro atoms. The largest absolute Gasteiger partial charge is 0.363 e. The van der Waals surface area contributed by atoms with E-state index in [-0.39, 0.29) is 31.0 Å². The van der Waals surface area contributed by atoms with Gasteiger partial charge < -0.3 is 9.64 Å². The lowest BCUT2D eigenvalue weighted by atomic mass is 10.0. The number of nitrogens with zero attached hydrogens (tertiary/aromatic N) is 4. The molecule has 4 rings (SSSR count). The van der Waals surface area contributed by atoms with Crippen LogP contribution in [-0.4, -0.2) is 43.8 Å². The number of likely N-dealkylation sites (tertiary alicyclic amines) is 1. The molecule has 3 aliphatic rings. The zero-order valence-electron chi connectivity index (χ0n) is 14.0. The van der Waals surface area contributed by atoms with Gasteiger partial charge in [0.2, 0.25) is 5.91 Å². The van der Waals surface area contributed by atoms with Crippen LogP contribution in [-0.2, 0) is 22.7 Å². The summed E-state index contributed by atoms with van der Waals surface area (Å²) in [6, 6.07) is -0.176. The lowest BCUT2D eigenvalue weighted by Gasteiger charge is -2.35. The molecule has 1 saturated carbocycles. The molecule has 130 valence electrons. The third-order valence-electron chi connectivity index (χ3n) is 5.17. The molecule has 0 aromatic carbocycles. The van der Waals surface area contributed by atoms with Crippen LogP contribution in [0.4, 0.5) is 0 Å². The minimum absolute atomic E-state index is 0.176. The highest BCUT2D eigenvalue weighted by molar-refractivity contribution is 5.81. The molecule has 1 aromatic heterocycles. The van der Waals surface area contributed by atoms with Crippen molar-refractivity contribution in [1.82, 2.24) is 19.2 Å². The summed E-state index contributed by atoms with van der Waals surface area (Å²) in [4.78, 5) is 38.8. The molecule has 24 heavy (non-hydrogen) atoms. The van der Waals surface area contributed by atoms with Crippen LogP contribution in [0.15, 0.2) is 9.59 Å². The molecule has 1 saturated heterocycles. The standard InChI is InChI=1S/C16H22N4O4/c1-10(2)20-15(23)14(22)19-9-16(24-7-12(19)17-20)5-6-18(8-16)13(21)11-3-4-11/h10-11H,3-9H2,1-2H3. The number of ether oxygens (including phenoxy) is 1. The predicted octanol–water partition coefficient (Wildman–Crippen LogP) is -0.103. The van der Waals surface area contributed by atoms with E-state index < -0.39 is 16.7 Å². The normalized spacial score (nSPS) is 26.2. The summed E-state index contributed by atoms with van der Waals surface area (Å²) in [6.45, 7) is 5.24. The van der Waals surface area contributed by atoms with Crippen LogP contribution >= 0.6 is 0 Å². The van der Waals surface area contributed by atoms with Gasteiger partial charge in [0.05, 0.1) is 19.1 Å². The monoisotopic (exact) mass is 334 g/mol. The first-order chi connectivity index (χ1) is 11.4. The smallest absolute Gasteiger partial charge is 0.332 e. The summed E-state index contributed by atoms with van der Waals surface area (Å²) in [5, 5.41) is 4.28. The Morgan fingerprint density at radius 1 is 1.25 bits per heavy atom. The van der Waals surface area contributed by atoms with E-state index in [2.05, 4.69) is 5.10 Å². The number of aromatic nitrogens is 3. The molecule has 1 unspecified atom stereocenters. The highest BCUT2D eigenvalue weighted by Gasteiger charge is 2.46. The fourth-order valence-corrected chi connectivity index (χ4v) is 3.59. The Kier molecular flexibility index (Phi) is 3.42. The summed E-state index contributed by atoms with van der Waals surface area (Å²) in [5.41, 5.74) is -1.72. The van der Waals surface area contributed by atoms with Crippen molar-refractivity contribution in [2.24, 2.45) is 5.92 Å². The molecule has 0 radical (unpaired) electrons. The molecular weight excluding hydrogens is 312 g/mol. The van der Waals surface area contributed by atoms with Gasteiger partial charge in [0, 0.05) is 12.5 Å². The van der Waals surface area contributed by atoms with Gasteiger partial charge in [-0.3, -0.25) is 19.0 Å². The van der Waals surface area contributed by atoms with Crippen LogP contribution in [0.25, 0.3) is 0 Å². The summed E-state index contributed by atoms with van der Waals surface area (Å²) in [6.07, 6.45) is 2.64. The maximum Gasteiger partial charge on any atom is 0.332 e. The summed E-state index contributed by atoms with van der Waals surface area (Å²) in [5.74, 6) is 0.853. The molecule has 2 fully saturated rings. The summed E-state index contributed by atoms with van der Waals surface area (Å²) < 4.78 is 8.69. The van der Waals surface area contributed by atoms with Crippen molar-refractivity contribution in [2.75, 3.05) is 13.1 Å². The third-order valence-corrected chi connectivity index (χ3v) is 5.17. The maximum atomic E-state index is 12.5. The third kappa shape index (κ3) is 2.40. The van der Waals surface area contributed by atoms with E-state index in [0.717, 1.165) is 12.8 Å².